The number of esters is 1. The summed E-state index contributed by atoms with van der Waals surface area (Å²) in [5.41, 5.74) is 6.32. The number of carbonyl (C=O) groups is 4. The maximum Gasteiger partial charge on any atom is 0.352 e. The number of carboxylic acids is 1. The number of nitrogens with one attached hydrogen (secondary N) is 1. The quantitative estimate of drug-likeness (QED) is 0.0606. The number of nitrogens with two attached hydrogens (primary N) is 1. The van der Waals surface area contributed by atoms with Gasteiger partial charge in [-0.25, -0.2) is 14.2 Å². The number of amides is 2. The number of oxime groups is 2. The van der Waals surface area contributed by atoms with E-state index in [0.717, 1.165) is 4.90 Å². The molecular formula is C23H25N8O9S+. The van der Waals surface area contributed by atoms with Gasteiger partial charge in [0.2, 0.25) is 18.1 Å². The first-order valence-electron chi connectivity index (χ1n) is 12.0. The Hall–Kier alpha value is -5.00. The van der Waals surface area contributed by atoms with Gasteiger partial charge in [0.05, 0.1) is 12.3 Å². The van der Waals surface area contributed by atoms with E-state index in [-0.39, 0.29) is 36.4 Å². The van der Waals surface area contributed by atoms with E-state index >= 15 is 0 Å². The summed E-state index contributed by atoms with van der Waals surface area (Å²) >= 11 is 1.27. The van der Waals surface area contributed by atoms with E-state index in [0.29, 0.717) is 16.8 Å². The first-order valence-corrected chi connectivity index (χ1v) is 13.0. The maximum atomic E-state index is 13.1. The van der Waals surface area contributed by atoms with Crippen molar-refractivity contribution < 1.29 is 48.2 Å². The monoisotopic (exact) mass is 589 g/mol. The number of nitrogen functional groups attached to an aromatic ring is 1. The van der Waals surface area contributed by atoms with Crippen LogP contribution in [0.15, 0.2) is 50.6 Å². The highest BCUT2D eigenvalue weighted by Gasteiger charge is 2.55. The highest BCUT2D eigenvalue weighted by molar-refractivity contribution is 8.00. The van der Waals surface area contributed by atoms with Crippen LogP contribution < -0.4 is 15.6 Å². The van der Waals surface area contributed by atoms with Gasteiger partial charge in [0.1, 0.15) is 17.1 Å². The summed E-state index contributed by atoms with van der Waals surface area (Å²) in [6.45, 7) is 2.92. The molecule has 4 rings (SSSR count). The maximum absolute atomic E-state index is 13.1. The van der Waals surface area contributed by atoms with Crippen LogP contribution in [-0.2, 0) is 35.3 Å². The van der Waals surface area contributed by atoms with Gasteiger partial charge in [0.25, 0.3) is 11.8 Å². The number of carboxylic acid groups (broad SMARTS) is 1. The van der Waals surface area contributed by atoms with Gasteiger partial charge in [-0.3, -0.25) is 14.5 Å². The summed E-state index contributed by atoms with van der Waals surface area (Å²) in [4.78, 5) is 59.6. The van der Waals surface area contributed by atoms with Crippen LogP contribution in [-0.4, -0.2) is 90.9 Å². The molecule has 2 atom stereocenters. The third-order valence-corrected chi connectivity index (χ3v) is 7.22. The number of carbonyl (C=O) groups excluding carboxylic acids is 3. The number of thioether (sulfide) groups is 1. The van der Waals surface area contributed by atoms with Crippen molar-refractivity contribution in [2.45, 2.75) is 31.8 Å². The summed E-state index contributed by atoms with van der Waals surface area (Å²) in [6, 6.07) is 1.95. The zero-order chi connectivity index (χ0) is 29.7. The number of rotatable bonds is 11. The molecule has 18 heteroatoms. The summed E-state index contributed by atoms with van der Waals surface area (Å²) in [7, 11) is 0. The SMILES string of the molecule is CCOC(=O)CON=C(C(=O)NC1C(=O)N2C(C(=O)O)=C(C[n+]3ccc(C(C)=NO)cc3)CS[C@@H]12)c1noc(N)n1. The fourth-order valence-corrected chi connectivity index (χ4v) is 5.30. The number of ether oxygens (including phenoxy) is 1. The zero-order valence-electron chi connectivity index (χ0n) is 21.7. The van der Waals surface area contributed by atoms with Crippen LogP contribution in [0.3, 0.4) is 0 Å². The molecule has 0 saturated carbocycles. The number of β-lactam (4-membered cyclic amide) rings is 1. The molecule has 2 aliphatic rings. The summed E-state index contributed by atoms with van der Waals surface area (Å²) in [5.74, 6) is -3.72. The minimum Gasteiger partial charge on any atom is -0.477 e. The standard InChI is InChI=1S/C23H24N8O9S/c1-3-38-14(32)9-39-28-15(18-26-23(24)40-29-18)19(33)25-16-20(34)31-17(22(35)36)13(10-41-21(16)31)8-30-6-4-12(5-7-30)11(2)27-37/h4-7,16,21H,3,8-10H2,1-2H3,(H4,24,25,26,29,33,35,36)/p+1/t16?,21-/m0/s1. The Balaban J connectivity index is 1.50. The first-order chi connectivity index (χ1) is 19.6. The van der Waals surface area contributed by atoms with Crippen LogP contribution in [0.4, 0.5) is 6.01 Å². The molecule has 2 aromatic rings. The van der Waals surface area contributed by atoms with Crippen LogP contribution in [0.5, 0.6) is 0 Å². The Kier molecular flexibility index (Phi) is 8.81. The average molecular weight is 590 g/mol. The van der Waals surface area contributed by atoms with E-state index in [9.17, 15) is 24.3 Å². The van der Waals surface area contributed by atoms with E-state index in [2.05, 4.69) is 30.3 Å². The first kappa shape index (κ1) is 29.0. The number of aliphatic carboxylic acids is 1. The number of nitrogens with zero attached hydrogens (tertiary/aromatic N) is 6. The summed E-state index contributed by atoms with van der Waals surface area (Å²) in [6.07, 6.45) is 3.40. The molecule has 2 aliphatic heterocycles. The molecule has 5 N–H and O–H groups in total. The molecule has 0 aliphatic carbocycles. The molecule has 1 saturated heterocycles. The highest BCUT2D eigenvalue weighted by atomic mass is 32.2. The van der Waals surface area contributed by atoms with Gasteiger partial charge in [-0.05, 0) is 13.8 Å². The van der Waals surface area contributed by atoms with Crippen molar-refractivity contribution in [1.29, 1.82) is 0 Å². The summed E-state index contributed by atoms with van der Waals surface area (Å²) in [5, 5.41) is 30.9. The topological polar surface area (TPSA) is 236 Å². The predicted octanol–water partition coefficient (Wildman–Crippen LogP) is -1.14. The fraction of sp³-hybridized carbons (Fsp3) is 0.348. The van der Waals surface area contributed by atoms with E-state index in [1.807, 2.05) is 0 Å². The van der Waals surface area contributed by atoms with Crippen molar-refractivity contribution in [1.82, 2.24) is 20.4 Å². The van der Waals surface area contributed by atoms with E-state index in [4.69, 9.17) is 20.5 Å². The molecular weight excluding hydrogens is 564 g/mol. The lowest BCUT2D eigenvalue weighted by molar-refractivity contribution is -0.689. The Labute approximate surface area is 235 Å². The number of hydrogen-bond donors (Lipinski definition) is 4. The van der Waals surface area contributed by atoms with Gasteiger partial charge in [-0.15, -0.1) is 11.8 Å². The Bertz CT molecular complexity index is 1450. The number of anilines is 1. The van der Waals surface area contributed by atoms with Crippen molar-refractivity contribution >= 4 is 53.0 Å². The van der Waals surface area contributed by atoms with Gasteiger partial charge >= 0.3 is 18.0 Å². The number of hydrogen-bond acceptors (Lipinski definition) is 14. The minimum absolute atomic E-state index is 0.110. The summed E-state index contributed by atoms with van der Waals surface area (Å²) < 4.78 is 11.1. The lowest BCUT2D eigenvalue weighted by Gasteiger charge is -2.49. The second-order valence-electron chi connectivity index (χ2n) is 8.54. The Morgan fingerprint density at radius 2 is 2.07 bits per heavy atom. The van der Waals surface area contributed by atoms with Crippen molar-refractivity contribution in [3.05, 3.63) is 47.2 Å². The van der Waals surface area contributed by atoms with Gasteiger partial charge in [0.15, 0.2) is 18.9 Å². The largest absolute Gasteiger partial charge is 0.477 e. The molecule has 216 valence electrons. The van der Waals surface area contributed by atoms with E-state index in [1.165, 1.54) is 11.8 Å². The molecule has 4 heterocycles. The molecule has 1 unspecified atom stereocenters. The Morgan fingerprint density at radius 1 is 1.34 bits per heavy atom. The van der Waals surface area contributed by atoms with E-state index in [1.54, 1.807) is 42.9 Å². The Morgan fingerprint density at radius 3 is 2.68 bits per heavy atom. The highest BCUT2D eigenvalue weighted by Crippen LogP contribution is 2.40. The van der Waals surface area contributed by atoms with Gasteiger partial charge in [0, 0.05) is 29.0 Å². The lowest BCUT2D eigenvalue weighted by Crippen LogP contribution is -2.71. The molecule has 0 spiro atoms. The van der Waals surface area contributed by atoms with Crippen molar-refractivity contribution in [2.75, 3.05) is 24.7 Å². The predicted molar refractivity (Wildman–Crippen MR) is 138 cm³/mol. The molecule has 2 aromatic heterocycles. The average Bonchev–Trinajstić information content (AvgIpc) is 3.39. The van der Waals surface area contributed by atoms with E-state index < -0.39 is 47.5 Å². The number of aromatic nitrogens is 3. The van der Waals surface area contributed by atoms with Crippen LogP contribution in [0.25, 0.3) is 0 Å². The molecule has 0 aromatic carbocycles. The van der Waals surface area contributed by atoms with Crippen molar-refractivity contribution in [3.8, 4) is 0 Å². The zero-order valence-corrected chi connectivity index (χ0v) is 22.5. The van der Waals surface area contributed by atoms with Crippen molar-refractivity contribution in [3.63, 3.8) is 0 Å². The van der Waals surface area contributed by atoms with Crippen LogP contribution in [0, 0.1) is 0 Å². The molecule has 0 radical (unpaired) electrons. The van der Waals surface area contributed by atoms with Crippen LogP contribution >= 0.6 is 11.8 Å². The number of pyridine rings is 1. The van der Waals surface area contributed by atoms with Crippen LogP contribution in [0.1, 0.15) is 25.2 Å². The third-order valence-electron chi connectivity index (χ3n) is 5.88. The molecule has 2 amide bonds. The molecule has 1 fully saturated rings. The van der Waals surface area contributed by atoms with Gasteiger partial charge in [-0.2, -0.15) is 4.98 Å². The van der Waals surface area contributed by atoms with Crippen molar-refractivity contribution in [2.24, 2.45) is 10.3 Å². The number of fused-ring (bicyclic) bond motifs is 1. The van der Waals surface area contributed by atoms with Crippen LogP contribution in [0.2, 0.25) is 0 Å². The molecule has 0 bridgehead atoms. The van der Waals surface area contributed by atoms with Gasteiger partial charge < -0.3 is 35.5 Å². The molecule has 41 heavy (non-hydrogen) atoms. The van der Waals surface area contributed by atoms with Gasteiger partial charge in [-0.1, -0.05) is 15.5 Å². The smallest absolute Gasteiger partial charge is 0.352 e. The fourth-order valence-electron chi connectivity index (χ4n) is 3.96. The third kappa shape index (κ3) is 6.26. The second kappa shape index (κ2) is 12.5. The lowest BCUT2D eigenvalue weighted by atomic mass is 10.0. The minimum atomic E-state index is -1.29. The second-order valence-corrected chi connectivity index (χ2v) is 9.64. The molecule has 17 nitrogen and oxygen atoms in total. The normalized spacial score (nSPS) is 18.9.